The summed E-state index contributed by atoms with van der Waals surface area (Å²) in [5.41, 5.74) is 0.947. The first-order chi connectivity index (χ1) is 11.7. The van der Waals surface area contributed by atoms with Crippen LogP contribution >= 0.6 is 0 Å². The lowest BCUT2D eigenvalue weighted by molar-refractivity contribution is 0.0936. The molecule has 2 atom stereocenters. The molecule has 1 amide bonds. The molecule has 2 unspecified atom stereocenters. The smallest absolute Gasteiger partial charge is 0.270 e. The average Bonchev–Trinajstić information content (AvgIpc) is 3.08. The van der Waals surface area contributed by atoms with Crippen LogP contribution in [0.2, 0.25) is 0 Å². The molecule has 10 heteroatoms. The highest BCUT2D eigenvalue weighted by molar-refractivity contribution is 7.91. The number of rotatable bonds is 4. The Morgan fingerprint density at radius 2 is 1.80 bits per heavy atom. The summed E-state index contributed by atoms with van der Waals surface area (Å²) in [6.45, 7) is 0. The molecule has 2 fully saturated rings. The first kappa shape index (κ1) is 18.1. The lowest BCUT2D eigenvalue weighted by atomic mass is 10.2. The number of hydrogen-bond acceptors (Lipinski definition) is 7. The van der Waals surface area contributed by atoms with Gasteiger partial charge in [0.15, 0.2) is 19.7 Å². The number of nitrogens with one attached hydrogen (secondary N) is 1. The Morgan fingerprint density at radius 1 is 1.12 bits per heavy atom. The molecular formula is C15H21N3O5S2. The fourth-order valence-electron chi connectivity index (χ4n) is 3.19. The maximum Gasteiger partial charge on any atom is 0.270 e. The topological polar surface area (TPSA) is 114 Å². The van der Waals surface area contributed by atoms with Crippen LogP contribution < -0.4 is 10.2 Å². The highest BCUT2D eigenvalue weighted by Crippen LogP contribution is 2.22. The van der Waals surface area contributed by atoms with Gasteiger partial charge in [-0.3, -0.25) is 4.79 Å². The monoisotopic (exact) mass is 387 g/mol. The van der Waals surface area contributed by atoms with E-state index >= 15 is 0 Å². The summed E-state index contributed by atoms with van der Waals surface area (Å²) in [6.07, 6.45) is 2.54. The lowest BCUT2D eigenvalue weighted by Gasteiger charge is -2.25. The molecule has 0 aromatic carbocycles. The van der Waals surface area contributed by atoms with Gasteiger partial charge in [0.05, 0.1) is 34.9 Å². The SMILES string of the molecule is CN(c1ccc(C(=O)NC2CCS(=O)(=O)C2)nc1)C1CCS(=O)(=O)C1. The molecule has 2 aliphatic rings. The average molecular weight is 387 g/mol. The Kier molecular flexibility index (Phi) is 4.76. The van der Waals surface area contributed by atoms with Crippen LogP contribution in [0.15, 0.2) is 18.3 Å². The fraction of sp³-hybridized carbons (Fsp3) is 0.600. The Morgan fingerprint density at radius 3 is 2.32 bits per heavy atom. The molecule has 1 N–H and O–H groups in total. The zero-order valence-electron chi connectivity index (χ0n) is 13.9. The highest BCUT2D eigenvalue weighted by Gasteiger charge is 2.31. The van der Waals surface area contributed by atoms with Crippen molar-refractivity contribution in [3.05, 3.63) is 24.0 Å². The van der Waals surface area contributed by atoms with E-state index in [0.717, 1.165) is 5.69 Å². The van der Waals surface area contributed by atoms with Crippen molar-refractivity contribution in [3.63, 3.8) is 0 Å². The minimum Gasteiger partial charge on any atom is -0.369 e. The van der Waals surface area contributed by atoms with E-state index < -0.39 is 25.6 Å². The first-order valence-corrected chi connectivity index (χ1v) is 11.7. The van der Waals surface area contributed by atoms with Gasteiger partial charge in [0.25, 0.3) is 5.91 Å². The lowest BCUT2D eigenvalue weighted by Crippen LogP contribution is -2.36. The van der Waals surface area contributed by atoms with Gasteiger partial charge in [-0.1, -0.05) is 0 Å². The number of carbonyl (C=O) groups excluding carboxylic acids is 1. The first-order valence-electron chi connectivity index (χ1n) is 8.06. The van der Waals surface area contributed by atoms with E-state index in [9.17, 15) is 21.6 Å². The zero-order chi connectivity index (χ0) is 18.2. The van der Waals surface area contributed by atoms with E-state index in [1.807, 2.05) is 11.9 Å². The Hall–Kier alpha value is -1.68. The Balaban J connectivity index is 1.63. The van der Waals surface area contributed by atoms with E-state index in [4.69, 9.17) is 0 Å². The molecule has 0 saturated carbocycles. The highest BCUT2D eigenvalue weighted by atomic mass is 32.2. The molecule has 1 aromatic rings. The molecule has 0 spiro atoms. The predicted molar refractivity (Wildman–Crippen MR) is 94.2 cm³/mol. The third kappa shape index (κ3) is 4.30. The van der Waals surface area contributed by atoms with Crippen molar-refractivity contribution in [2.45, 2.75) is 24.9 Å². The van der Waals surface area contributed by atoms with Crippen LogP contribution in [-0.4, -0.2) is 69.9 Å². The molecule has 0 bridgehead atoms. The molecule has 1 aromatic heterocycles. The van der Waals surface area contributed by atoms with Crippen molar-refractivity contribution in [2.75, 3.05) is 35.0 Å². The Bertz CT molecular complexity index is 865. The van der Waals surface area contributed by atoms with E-state index in [1.165, 1.54) is 6.20 Å². The molecule has 8 nitrogen and oxygen atoms in total. The fourth-order valence-corrected chi connectivity index (χ4v) is 6.64. The predicted octanol–water partition coefficient (Wildman–Crippen LogP) is -0.378. The van der Waals surface area contributed by atoms with Crippen LogP contribution in [0.5, 0.6) is 0 Å². The maximum atomic E-state index is 12.2. The summed E-state index contributed by atoms with van der Waals surface area (Å²) in [4.78, 5) is 18.2. The number of carbonyl (C=O) groups is 1. The van der Waals surface area contributed by atoms with Gasteiger partial charge in [-0.15, -0.1) is 0 Å². The second-order valence-corrected chi connectivity index (χ2v) is 11.1. The van der Waals surface area contributed by atoms with E-state index in [1.54, 1.807) is 12.1 Å². The number of sulfone groups is 2. The Labute approximate surface area is 147 Å². The number of amides is 1. The molecule has 3 heterocycles. The summed E-state index contributed by atoms with van der Waals surface area (Å²) < 4.78 is 46.1. The van der Waals surface area contributed by atoms with Gasteiger partial charge in [-0.25, -0.2) is 21.8 Å². The van der Waals surface area contributed by atoms with Gasteiger partial charge in [0.1, 0.15) is 5.69 Å². The molecular weight excluding hydrogens is 366 g/mol. The van der Waals surface area contributed by atoms with Crippen molar-refractivity contribution in [3.8, 4) is 0 Å². The van der Waals surface area contributed by atoms with Gasteiger partial charge >= 0.3 is 0 Å². The summed E-state index contributed by atoms with van der Waals surface area (Å²) >= 11 is 0. The van der Waals surface area contributed by atoms with Crippen molar-refractivity contribution >= 4 is 31.3 Å². The minimum atomic E-state index is -3.05. The number of aromatic nitrogens is 1. The third-order valence-corrected chi connectivity index (χ3v) is 8.23. The zero-order valence-corrected chi connectivity index (χ0v) is 15.5. The maximum absolute atomic E-state index is 12.2. The van der Waals surface area contributed by atoms with Crippen LogP contribution in [0.3, 0.4) is 0 Å². The number of hydrogen-bond donors (Lipinski definition) is 1. The second kappa shape index (κ2) is 6.56. The van der Waals surface area contributed by atoms with Crippen molar-refractivity contribution in [1.29, 1.82) is 0 Å². The van der Waals surface area contributed by atoms with Gasteiger partial charge in [0.2, 0.25) is 0 Å². The van der Waals surface area contributed by atoms with E-state index in [-0.39, 0.29) is 40.8 Å². The summed E-state index contributed by atoms with van der Waals surface area (Å²) in [5.74, 6) is -0.0169. The van der Waals surface area contributed by atoms with E-state index in [0.29, 0.717) is 12.8 Å². The van der Waals surface area contributed by atoms with Gasteiger partial charge < -0.3 is 10.2 Å². The summed E-state index contributed by atoms with van der Waals surface area (Å²) in [6, 6.07) is 2.83. The van der Waals surface area contributed by atoms with Crippen molar-refractivity contribution < 1.29 is 21.6 Å². The van der Waals surface area contributed by atoms with E-state index in [2.05, 4.69) is 10.3 Å². The molecule has 138 valence electrons. The molecule has 0 aliphatic carbocycles. The van der Waals surface area contributed by atoms with Crippen molar-refractivity contribution in [1.82, 2.24) is 10.3 Å². The summed E-state index contributed by atoms with van der Waals surface area (Å²) in [7, 11) is -4.21. The molecule has 0 radical (unpaired) electrons. The van der Waals surface area contributed by atoms with Gasteiger partial charge in [-0.2, -0.15) is 0 Å². The second-order valence-electron chi connectivity index (χ2n) is 6.64. The molecule has 3 rings (SSSR count). The van der Waals surface area contributed by atoms with Crippen LogP contribution in [0.4, 0.5) is 5.69 Å². The number of anilines is 1. The van der Waals surface area contributed by atoms with Crippen LogP contribution in [0, 0.1) is 0 Å². The number of pyridine rings is 1. The van der Waals surface area contributed by atoms with Crippen molar-refractivity contribution in [2.24, 2.45) is 0 Å². The largest absolute Gasteiger partial charge is 0.369 e. The van der Waals surface area contributed by atoms with Gasteiger partial charge in [0, 0.05) is 19.1 Å². The van der Waals surface area contributed by atoms with Crippen LogP contribution in [-0.2, 0) is 19.7 Å². The summed E-state index contributed by atoms with van der Waals surface area (Å²) in [5, 5.41) is 2.69. The van der Waals surface area contributed by atoms with Gasteiger partial charge in [-0.05, 0) is 25.0 Å². The van der Waals surface area contributed by atoms with Crippen LogP contribution in [0.25, 0.3) is 0 Å². The third-order valence-electron chi connectivity index (χ3n) is 4.71. The standard InChI is InChI=1S/C15H21N3O5S2/c1-18(13-5-7-25(22,23)10-13)12-2-3-14(16-8-12)15(19)17-11-4-6-24(20,21)9-11/h2-3,8,11,13H,4-7,9-10H2,1H3,(H,17,19). The van der Waals surface area contributed by atoms with Crippen LogP contribution in [0.1, 0.15) is 23.3 Å². The molecule has 25 heavy (non-hydrogen) atoms. The quantitative estimate of drug-likeness (QED) is 0.749. The molecule has 2 saturated heterocycles. The minimum absolute atomic E-state index is 0.0320. The normalized spacial score (nSPS) is 27.1. The number of nitrogens with zero attached hydrogens (tertiary/aromatic N) is 2. The molecule has 2 aliphatic heterocycles.